The van der Waals surface area contributed by atoms with Crippen LogP contribution in [-0.2, 0) is 4.79 Å². The van der Waals surface area contributed by atoms with Gasteiger partial charge in [0.25, 0.3) is 0 Å². The molecule has 0 bridgehead atoms. The van der Waals surface area contributed by atoms with Gasteiger partial charge in [0.15, 0.2) is 11.5 Å². The highest BCUT2D eigenvalue weighted by Crippen LogP contribution is 2.40. The summed E-state index contributed by atoms with van der Waals surface area (Å²) in [5.74, 6) is 1.78. The molecule has 1 atom stereocenters. The molecule has 0 aliphatic carbocycles. The summed E-state index contributed by atoms with van der Waals surface area (Å²) in [6.07, 6.45) is 2.57. The largest absolute Gasteiger partial charge is 0.493 e. The Balaban J connectivity index is 2.24. The fraction of sp³-hybridized carbons (Fsp3) is 0.588. The van der Waals surface area contributed by atoms with E-state index in [2.05, 4.69) is 0 Å². The molecule has 2 N–H and O–H groups in total. The standard InChI is InChI=1S/C17H26N2O4/c1-21-14-8-12(9-15(22-2)17(14)23-3)13(11-18)10-16(20)19-6-4-5-7-19/h8-9,13H,4-7,10-11,18H2,1-3H3. The van der Waals surface area contributed by atoms with Gasteiger partial charge in [0.05, 0.1) is 21.3 Å². The molecule has 1 heterocycles. The number of carbonyl (C=O) groups excluding carboxylic acids is 1. The van der Waals surface area contributed by atoms with Gasteiger partial charge in [-0.3, -0.25) is 4.79 Å². The highest BCUT2D eigenvalue weighted by molar-refractivity contribution is 5.77. The maximum Gasteiger partial charge on any atom is 0.223 e. The summed E-state index contributed by atoms with van der Waals surface area (Å²) in [7, 11) is 4.72. The van der Waals surface area contributed by atoms with Gasteiger partial charge in [-0.2, -0.15) is 0 Å². The van der Waals surface area contributed by atoms with Crippen LogP contribution in [0.3, 0.4) is 0 Å². The molecule has 1 fully saturated rings. The summed E-state index contributed by atoms with van der Waals surface area (Å²) in [4.78, 5) is 14.3. The van der Waals surface area contributed by atoms with E-state index in [0.717, 1.165) is 31.5 Å². The van der Waals surface area contributed by atoms with E-state index in [1.807, 2.05) is 17.0 Å². The number of ether oxygens (including phenoxy) is 3. The molecule has 1 amide bonds. The molecular formula is C17H26N2O4. The van der Waals surface area contributed by atoms with Crippen LogP contribution in [0.4, 0.5) is 0 Å². The Bertz CT molecular complexity index is 516. The van der Waals surface area contributed by atoms with E-state index in [-0.39, 0.29) is 11.8 Å². The Kier molecular flexibility index (Phi) is 6.10. The first-order valence-electron chi connectivity index (χ1n) is 7.92. The summed E-state index contributed by atoms with van der Waals surface area (Å²) in [5, 5.41) is 0. The van der Waals surface area contributed by atoms with Gasteiger partial charge in [0.2, 0.25) is 11.7 Å². The van der Waals surface area contributed by atoms with Crippen molar-refractivity contribution in [3.8, 4) is 17.2 Å². The quantitative estimate of drug-likeness (QED) is 0.828. The van der Waals surface area contributed by atoms with Crippen molar-refractivity contribution in [1.82, 2.24) is 4.90 Å². The first-order valence-corrected chi connectivity index (χ1v) is 7.92. The Labute approximate surface area is 137 Å². The number of benzene rings is 1. The molecule has 1 aliphatic heterocycles. The third kappa shape index (κ3) is 3.88. The SMILES string of the molecule is COc1cc(C(CN)CC(=O)N2CCCC2)cc(OC)c1OC. The molecule has 1 aromatic rings. The van der Waals surface area contributed by atoms with Crippen LogP contribution in [0, 0.1) is 0 Å². The van der Waals surface area contributed by atoms with Crippen molar-refractivity contribution in [3.63, 3.8) is 0 Å². The van der Waals surface area contributed by atoms with E-state index in [9.17, 15) is 4.79 Å². The van der Waals surface area contributed by atoms with Crippen LogP contribution < -0.4 is 19.9 Å². The molecule has 0 spiro atoms. The van der Waals surface area contributed by atoms with E-state index in [1.54, 1.807) is 21.3 Å². The van der Waals surface area contributed by atoms with Crippen molar-refractivity contribution in [2.24, 2.45) is 5.73 Å². The minimum absolute atomic E-state index is 0.0724. The average molecular weight is 322 g/mol. The molecule has 1 unspecified atom stereocenters. The van der Waals surface area contributed by atoms with Crippen LogP contribution in [0.5, 0.6) is 17.2 Å². The number of likely N-dealkylation sites (tertiary alicyclic amines) is 1. The number of nitrogens with zero attached hydrogens (tertiary/aromatic N) is 1. The third-order valence-corrected chi connectivity index (χ3v) is 4.32. The average Bonchev–Trinajstić information content (AvgIpc) is 3.12. The van der Waals surface area contributed by atoms with Crippen LogP contribution in [-0.4, -0.2) is 51.8 Å². The zero-order valence-electron chi connectivity index (χ0n) is 14.1. The minimum atomic E-state index is -0.0724. The predicted molar refractivity (Wildman–Crippen MR) is 88.3 cm³/mol. The predicted octanol–water partition coefficient (Wildman–Crippen LogP) is 1.77. The Morgan fingerprint density at radius 3 is 2.13 bits per heavy atom. The van der Waals surface area contributed by atoms with Gasteiger partial charge < -0.3 is 24.8 Å². The number of hydrogen-bond donors (Lipinski definition) is 1. The van der Waals surface area contributed by atoms with Gasteiger partial charge in [-0.05, 0) is 37.1 Å². The lowest BCUT2D eigenvalue weighted by Crippen LogP contribution is -2.30. The summed E-state index contributed by atoms with van der Waals surface area (Å²) in [6.45, 7) is 2.09. The highest BCUT2D eigenvalue weighted by atomic mass is 16.5. The Morgan fingerprint density at radius 2 is 1.70 bits per heavy atom. The zero-order valence-corrected chi connectivity index (χ0v) is 14.1. The van der Waals surface area contributed by atoms with Crippen molar-refractivity contribution < 1.29 is 19.0 Å². The molecule has 1 aromatic carbocycles. The number of amides is 1. The molecule has 2 rings (SSSR count). The smallest absolute Gasteiger partial charge is 0.223 e. The van der Waals surface area contributed by atoms with Crippen LogP contribution in [0.15, 0.2) is 12.1 Å². The fourth-order valence-corrected chi connectivity index (χ4v) is 2.98. The fourth-order valence-electron chi connectivity index (χ4n) is 2.98. The molecular weight excluding hydrogens is 296 g/mol. The van der Waals surface area contributed by atoms with Crippen LogP contribution in [0.2, 0.25) is 0 Å². The van der Waals surface area contributed by atoms with Crippen molar-refractivity contribution in [2.75, 3.05) is 41.0 Å². The van der Waals surface area contributed by atoms with E-state index in [0.29, 0.717) is 30.2 Å². The minimum Gasteiger partial charge on any atom is -0.493 e. The van der Waals surface area contributed by atoms with Gasteiger partial charge in [-0.1, -0.05) is 0 Å². The second kappa shape index (κ2) is 8.06. The van der Waals surface area contributed by atoms with Crippen molar-refractivity contribution in [3.05, 3.63) is 17.7 Å². The topological polar surface area (TPSA) is 74.0 Å². The summed E-state index contributed by atoms with van der Waals surface area (Å²) in [5.41, 5.74) is 6.85. The monoisotopic (exact) mass is 322 g/mol. The maximum atomic E-state index is 12.4. The van der Waals surface area contributed by atoms with E-state index >= 15 is 0 Å². The third-order valence-electron chi connectivity index (χ3n) is 4.32. The van der Waals surface area contributed by atoms with Gasteiger partial charge in [0.1, 0.15) is 0 Å². The lowest BCUT2D eigenvalue weighted by atomic mass is 9.94. The first-order chi connectivity index (χ1) is 11.1. The molecule has 6 nitrogen and oxygen atoms in total. The van der Waals surface area contributed by atoms with Gasteiger partial charge in [-0.25, -0.2) is 0 Å². The maximum absolute atomic E-state index is 12.4. The van der Waals surface area contributed by atoms with E-state index in [4.69, 9.17) is 19.9 Å². The molecule has 0 radical (unpaired) electrons. The molecule has 1 saturated heterocycles. The van der Waals surface area contributed by atoms with Gasteiger partial charge >= 0.3 is 0 Å². The number of hydrogen-bond acceptors (Lipinski definition) is 5. The number of rotatable bonds is 7. The van der Waals surface area contributed by atoms with Gasteiger partial charge in [0, 0.05) is 25.4 Å². The Morgan fingerprint density at radius 1 is 1.13 bits per heavy atom. The summed E-state index contributed by atoms with van der Waals surface area (Å²) >= 11 is 0. The molecule has 128 valence electrons. The van der Waals surface area contributed by atoms with Gasteiger partial charge in [-0.15, -0.1) is 0 Å². The molecule has 23 heavy (non-hydrogen) atoms. The summed E-state index contributed by atoms with van der Waals surface area (Å²) < 4.78 is 16.1. The van der Waals surface area contributed by atoms with E-state index < -0.39 is 0 Å². The van der Waals surface area contributed by atoms with Crippen LogP contribution in [0.1, 0.15) is 30.7 Å². The van der Waals surface area contributed by atoms with Crippen molar-refractivity contribution in [2.45, 2.75) is 25.2 Å². The van der Waals surface area contributed by atoms with Crippen LogP contribution >= 0.6 is 0 Å². The molecule has 1 aliphatic rings. The van der Waals surface area contributed by atoms with E-state index in [1.165, 1.54) is 0 Å². The molecule has 0 aromatic heterocycles. The van der Waals surface area contributed by atoms with Crippen LogP contribution in [0.25, 0.3) is 0 Å². The lowest BCUT2D eigenvalue weighted by Gasteiger charge is -2.22. The summed E-state index contributed by atoms with van der Waals surface area (Å²) in [6, 6.07) is 3.74. The molecule has 6 heteroatoms. The van der Waals surface area contributed by atoms with Crippen molar-refractivity contribution in [1.29, 1.82) is 0 Å². The number of carbonyl (C=O) groups is 1. The zero-order chi connectivity index (χ0) is 16.8. The first kappa shape index (κ1) is 17.4. The second-order valence-electron chi connectivity index (χ2n) is 5.68. The number of methoxy groups -OCH3 is 3. The lowest BCUT2D eigenvalue weighted by molar-refractivity contribution is -0.130. The Hall–Kier alpha value is -1.95. The van der Waals surface area contributed by atoms with Crippen molar-refractivity contribution >= 4 is 5.91 Å². The second-order valence-corrected chi connectivity index (χ2v) is 5.68. The highest BCUT2D eigenvalue weighted by Gasteiger charge is 2.24. The normalized spacial score (nSPS) is 15.4. The number of nitrogens with two attached hydrogens (primary N) is 1. The molecule has 0 saturated carbocycles.